The number of thiazole rings is 1. The molecule has 1 aliphatic rings. The van der Waals surface area contributed by atoms with E-state index in [-0.39, 0.29) is 17.6 Å². The fourth-order valence-corrected chi connectivity index (χ4v) is 5.49. The summed E-state index contributed by atoms with van der Waals surface area (Å²) in [5.41, 5.74) is 1.05. The largest absolute Gasteiger partial charge is 0.341 e. The van der Waals surface area contributed by atoms with Crippen LogP contribution in [0.5, 0.6) is 0 Å². The Morgan fingerprint density at radius 1 is 1.25 bits per heavy atom. The van der Waals surface area contributed by atoms with E-state index in [9.17, 15) is 9.59 Å². The van der Waals surface area contributed by atoms with Gasteiger partial charge in [-0.15, -0.1) is 18.3 Å². The zero-order valence-electron chi connectivity index (χ0n) is 16.5. The second kappa shape index (κ2) is 9.56. The van der Waals surface area contributed by atoms with Crippen molar-refractivity contribution in [1.29, 1.82) is 0 Å². The number of fused-ring (bicyclic) bond motifs is 1. The van der Waals surface area contributed by atoms with Crippen molar-refractivity contribution in [1.82, 2.24) is 9.47 Å². The number of nitrogens with zero attached hydrogens (tertiary/aromatic N) is 3. The molecule has 28 heavy (non-hydrogen) atoms. The predicted molar refractivity (Wildman–Crippen MR) is 117 cm³/mol. The summed E-state index contributed by atoms with van der Waals surface area (Å²) in [4.78, 5) is 31.7. The van der Waals surface area contributed by atoms with Gasteiger partial charge in [0.2, 0.25) is 5.91 Å². The molecular weight excluding hydrogens is 390 g/mol. The number of likely N-dealkylation sites (tertiary alicyclic amines) is 1. The number of allylic oxidation sites excluding steroid dienone is 1. The highest BCUT2D eigenvalue weighted by Gasteiger charge is 2.25. The number of benzene rings is 1. The van der Waals surface area contributed by atoms with Crippen LogP contribution in [0.15, 0.2) is 41.9 Å². The molecular formula is C21H27N3O2S2. The molecule has 150 valence electrons. The van der Waals surface area contributed by atoms with E-state index < -0.39 is 0 Å². The number of para-hydroxylation sites is 1. The van der Waals surface area contributed by atoms with E-state index in [2.05, 4.69) is 25.4 Å². The van der Waals surface area contributed by atoms with E-state index in [1.807, 2.05) is 33.7 Å². The van der Waals surface area contributed by atoms with Gasteiger partial charge in [-0.05, 0) is 30.4 Å². The van der Waals surface area contributed by atoms with Crippen LogP contribution in [0.3, 0.4) is 0 Å². The second-order valence-electron chi connectivity index (χ2n) is 7.49. The van der Waals surface area contributed by atoms with Crippen LogP contribution in [0.25, 0.3) is 10.2 Å². The van der Waals surface area contributed by atoms with Gasteiger partial charge in [0.05, 0.1) is 21.7 Å². The van der Waals surface area contributed by atoms with Crippen LogP contribution in [0.2, 0.25) is 0 Å². The van der Waals surface area contributed by atoms with Gasteiger partial charge in [-0.3, -0.25) is 9.59 Å². The molecule has 0 radical (unpaired) electrons. The number of thioether (sulfide) groups is 1. The van der Waals surface area contributed by atoms with Crippen LogP contribution in [0, 0.1) is 11.8 Å². The van der Waals surface area contributed by atoms with Gasteiger partial charge in [0.1, 0.15) is 0 Å². The molecule has 0 saturated carbocycles. The Balaban J connectivity index is 1.61. The smallest absolute Gasteiger partial charge is 0.258 e. The van der Waals surface area contributed by atoms with Gasteiger partial charge in [-0.2, -0.15) is 4.99 Å². The molecule has 1 fully saturated rings. The van der Waals surface area contributed by atoms with E-state index in [1.165, 1.54) is 29.5 Å². The van der Waals surface area contributed by atoms with Crippen molar-refractivity contribution in [2.24, 2.45) is 16.8 Å². The Morgan fingerprint density at radius 2 is 1.96 bits per heavy atom. The summed E-state index contributed by atoms with van der Waals surface area (Å²) in [5.74, 6) is 1.56. The number of hydrogen-bond acceptors (Lipinski definition) is 4. The molecule has 0 aliphatic carbocycles. The first-order valence-corrected chi connectivity index (χ1v) is 11.6. The Labute approximate surface area is 174 Å². The maximum Gasteiger partial charge on any atom is 0.258 e. The Hall–Kier alpha value is -1.86. The van der Waals surface area contributed by atoms with Crippen LogP contribution < -0.4 is 4.80 Å². The number of carbonyl (C=O) groups excluding carboxylic acids is 2. The molecule has 2 atom stereocenters. The van der Waals surface area contributed by atoms with Crippen LogP contribution >= 0.6 is 23.1 Å². The lowest BCUT2D eigenvalue weighted by Crippen LogP contribution is -2.43. The molecule has 0 spiro atoms. The molecule has 2 aromatic rings. The number of hydrogen-bond donors (Lipinski definition) is 0. The molecule has 0 unspecified atom stereocenters. The molecule has 1 aromatic carbocycles. The van der Waals surface area contributed by atoms with Gasteiger partial charge in [0, 0.05) is 19.6 Å². The van der Waals surface area contributed by atoms with E-state index in [4.69, 9.17) is 0 Å². The van der Waals surface area contributed by atoms with Crippen LogP contribution in [-0.4, -0.2) is 45.9 Å². The molecule has 1 aliphatic heterocycles. The normalized spacial score (nSPS) is 20.5. The first kappa shape index (κ1) is 20.9. The molecule has 2 amide bonds. The lowest BCUT2D eigenvalue weighted by molar-refractivity contribution is -0.130. The molecule has 0 N–H and O–H groups in total. The highest BCUT2D eigenvalue weighted by atomic mass is 32.2. The number of rotatable bonds is 6. The van der Waals surface area contributed by atoms with Crippen LogP contribution in [-0.2, 0) is 16.1 Å². The average molecular weight is 418 g/mol. The predicted octanol–water partition coefficient (Wildman–Crippen LogP) is 3.55. The maximum atomic E-state index is 12.4. The van der Waals surface area contributed by atoms with Gasteiger partial charge in [-0.25, -0.2) is 0 Å². The van der Waals surface area contributed by atoms with Crippen molar-refractivity contribution in [3.63, 3.8) is 0 Å². The summed E-state index contributed by atoms with van der Waals surface area (Å²) >= 11 is 2.85. The lowest BCUT2D eigenvalue weighted by atomic mass is 9.92. The highest BCUT2D eigenvalue weighted by Crippen LogP contribution is 2.21. The van der Waals surface area contributed by atoms with Gasteiger partial charge >= 0.3 is 0 Å². The summed E-state index contributed by atoms with van der Waals surface area (Å²) in [7, 11) is 0. The first-order valence-electron chi connectivity index (χ1n) is 9.60. The van der Waals surface area contributed by atoms with E-state index >= 15 is 0 Å². The lowest BCUT2D eigenvalue weighted by Gasteiger charge is -2.35. The first-order chi connectivity index (χ1) is 13.5. The summed E-state index contributed by atoms with van der Waals surface area (Å²) in [6, 6.07) is 8.00. The van der Waals surface area contributed by atoms with Crippen molar-refractivity contribution in [2.75, 3.05) is 24.6 Å². The molecule has 7 heteroatoms. The van der Waals surface area contributed by atoms with Crippen molar-refractivity contribution in [2.45, 2.75) is 26.8 Å². The zero-order valence-corrected chi connectivity index (χ0v) is 18.1. The molecule has 5 nitrogen and oxygen atoms in total. The van der Waals surface area contributed by atoms with Gasteiger partial charge < -0.3 is 9.47 Å². The minimum atomic E-state index is -0.206. The summed E-state index contributed by atoms with van der Waals surface area (Å²) in [5, 5.41) is 0. The van der Waals surface area contributed by atoms with E-state index in [0.717, 1.165) is 23.3 Å². The fourth-order valence-electron chi connectivity index (χ4n) is 3.73. The monoisotopic (exact) mass is 417 g/mol. The number of aromatic nitrogens is 1. The van der Waals surface area contributed by atoms with Crippen LogP contribution in [0.4, 0.5) is 0 Å². The van der Waals surface area contributed by atoms with Gasteiger partial charge in [0.15, 0.2) is 4.80 Å². The standard InChI is InChI=1S/C21H27N3O2S2/c1-4-9-24-17-7-5-6-8-18(17)28-21(24)22-19(25)13-27-14-20(26)23-11-15(2)10-16(3)12-23/h4-8,15-16H,1,9-14H2,2-3H3/t15-,16-/m1/s1. The van der Waals surface area contributed by atoms with Gasteiger partial charge in [-0.1, -0.05) is 43.4 Å². The number of carbonyl (C=O) groups is 2. The molecule has 3 rings (SSSR count). The Morgan fingerprint density at radius 3 is 2.68 bits per heavy atom. The number of amides is 2. The van der Waals surface area contributed by atoms with Crippen molar-refractivity contribution >= 4 is 45.1 Å². The number of piperidine rings is 1. The third-order valence-electron chi connectivity index (χ3n) is 4.79. The third kappa shape index (κ3) is 5.14. The van der Waals surface area contributed by atoms with Crippen molar-refractivity contribution in [3.05, 3.63) is 41.7 Å². The minimum absolute atomic E-state index is 0.125. The van der Waals surface area contributed by atoms with Gasteiger partial charge in [0.25, 0.3) is 5.91 Å². The molecule has 1 aromatic heterocycles. The Bertz CT molecular complexity index is 921. The molecule has 0 bridgehead atoms. The fraction of sp³-hybridized carbons (Fsp3) is 0.476. The summed E-state index contributed by atoms with van der Waals surface area (Å²) < 4.78 is 3.09. The Kier molecular flexibility index (Phi) is 7.13. The maximum absolute atomic E-state index is 12.4. The van der Waals surface area contributed by atoms with Crippen LogP contribution in [0.1, 0.15) is 20.3 Å². The minimum Gasteiger partial charge on any atom is -0.341 e. The molecule has 1 saturated heterocycles. The third-order valence-corrected chi connectivity index (χ3v) is 6.75. The van der Waals surface area contributed by atoms with Crippen molar-refractivity contribution < 1.29 is 9.59 Å². The molecule has 2 heterocycles. The quantitative estimate of drug-likeness (QED) is 0.676. The zero-order chi connectivity index (χ0) is 20.1. The SMILES string of the molecule is C=CCn1c(=NC(=O)CSCC(=O)N2C[C@H](C)C[C@@H](C)C2)sc2ccccc21. The second-order valence-corrected chi connectivity index (χ2v) is 9.49. The highest BCUT2D eigenvalue weighted by molar-refractivity contribution is 8.00. The van der Waals surface area contributed by atoms with E-state index in [1.54, 1.807) is 6.08 Å². The topological polar surface area (TPSA) is 54.7 Å². The summed E-state index contributed by atoms with van der Waals surface area (Å²) in [6.45, 7) is 10.4. The average Bonchev–Trinajstić information content (AvgIpc) is 2.98. The van der Waals surface area contributed by atoms with E-state index in [0.29, 0.717) is 28.9 Å². The van der Waals surface area contributed by atoms with Crippen molar-refractivity contribution in [3.8, 4) is 0 Å². The summed E-state index contributed by atoms with van der Waals surface area (Å²) in [6.07, 6.45) is 2.98.